The van der Waals surface area contributed by atoms with E-state index in [2.05, 4.69) is 0 Å². The largest absolute Gasteiger partial charge is 0.480 e. The summed E-state index contributed by atoms with van der Waals surface area (Å²) in [4.78, 5) is 11.9. The van der Waals surface area contributed by atoms with Crippen molar-refractivity contribution in [2.45, 2.75) is 24.3 Å². The second-order valence-corrected chi connectivity index (χ2v) is 9.28. The van der Waals surface area contributed by atoms with Gasteiger partial charge in [0, 0.05) is 12.1 Å². The fourth-order valence-corrected chi connectivity index (χ4v) is 5.38. The van der Waals surface area contributed by atoms with Crippen LogP contribution in [0.2, 0.25) is 0 Å². The lowest BCUT2D eigenvalue weighted by Crippen LogP contribution is -2.44. The topological polar surface area (TPSA) is 83.9 Å². The van der Waals surface area contributed by atoms with Crippen LogP contribution in [0.15, 0.2) is 65.6 Å². The Labute approximate surface area is 183 Å². The van der Waals surface area contributed by atoms with Crippen LogP contribution in [0.3, 0.4) is 0 Å². The van der Waals surface area contributed by atoms with Crippen molar-refractivity contribution in [3.63, 3.8) is 0 Å². The summed E-state index contributed by atoms with van der Waals surface area (Å²) in [5.41, 5.74) is 1.11. The molecule has 1 N–H and O–H groups in total. The average Bonchev–Trinajstić information content (AvgIpc) is 2.77. The summed E-state index contributed by atoms with van der Waals surface area (Å²) < 4.78 is 60.5. The minimum Gasteiger partial charge on any atom is -0.480 e. The molecule has 6 nitrogen and oxygen atoms in total. The first-order valence-corrected chi connectivity index (χ1v) is 11.2. The van der Waals surface area contributed by atoms with Crippen molar-refractivity contribution in [3.8, 4) is 11.5 Å². The molecule has 0 bridgehead atoms. The van der Waals surface area contributed by atoms with Crippen LogP contribution < -0.4 is 4.74 Å². The Bertz CT molecular complexity index is 1270. The molecule has 32 heavy (non-hydrogen) atoms. The molecule has 1 heterocycles. The van der Waals surface area contributed by atoms with E-state index in [1.165, 1.54) is 48.5 Å². The number of aryl methyl sites for hydroxylation is 1. The zero-order chi connectivity index (χ0) is 23.0. The van der Waals surface area contributed by atoms with Crippen LogP contribution in [0.1, 0.15) is 22.7 Å². The number of hydrogen-bond acceptors (Lipinski definition) is 4. The summed E-state index contributed by atoms with van der Waals surface area (Å²) in [7, 11) is -4.24. The van der Waals surface area contributed by atoms with E-state index in [9.17, 15) is 27.1 Å². The van der Waals surface area contributed by atoms with E-state index in [4.69, 9.17) is 4.74 Å². The SMILES string of the molecule is Cc1ccc(F)c2c1CCN(S(=O)(=O)c1ccc(Oc3ccc(F)cc3)cc1)C2C(=O)O. The van der Waals surface area contributed by atoms with E-state index in [1.807, 2.05) is 0 Å². The first kappa shape index (κ1) is 21.9. The van der Waals surface area contributed by atoms with E-state index in [0.29, 0.717) is 22.6 Å². The zero-order valence-corrected chi connectivity index (χ0v) is 17.8. The van der Waals surface area contributed by atoms with Crippen LogP contribution in [0.25, 0.3) is 0 Å². The second kappa shape index (κ2) is 8.33. The molecule has 0 saturated carbocycles. The summed E-state index contributed by atoms with van der Waals surface area (Å²) in [6.07, 6.45) is 0.202. The highest BCUT2D eigenvalue weighted by Crippen LogP contribution is 2.37. The summed E-state index contributed by atoms with van der Waals surface area (Å²) in [5.74, 6) is -1.93. The molecule has 1 unspecified atom stereocenters. The Hall–Kier alpha value is -3.30. The molecule has 0 spiro atoms. The van der Waals surface area contributed by atoms with E-state index >= 15 is 0 Å². The molecule has 0 aromatic heterocycles. The van der Waals surface area contributed by atoms with Gasteiger partial charge in [-0.25, -0.2) is 17.2 Å². The molecule has 0 aliphatic carbocycles. The van der Waals surface area contributed by atoms with Gasteiger partial charge >= 0.3 is 5.97 Å². The number of aliphatic carboxylic acids is 1. The van der Waals surface area contributed by atoms with Crippen molar-refractivity contribution in [2.75, 3.05) is 6.54 Å². The minimum absolute atomic E-state index is 0.0928. The van der Waals surface area contributed by atoms with Gasteiger partial charge in [-0.1, -0.05) is 6.07 Å². The third-order valence-corrected chi connectivity index (χ3v) is 7.27. The van der Waals surface area contributed by atoms with Gasteiger partial charge in [0.15, 0.2) is 6.04 Å². The third-order valence-electron chi connectivity index (χ3n) is 5.40. The molecule has 1 atom stereocenters. The van der Waals surface area contributed by atoms with Gasteiger partial charge in [0.25, 0.3) is 0 Å². The van der Waals surface area contributed by atoms with E-state index < -0.39 is 33.7 Å². The van der Waals surface area contributed by atoms with Crippen molar-refractivity contribution in [1.82, 2.24) is 4.31 Å². The Balaban J connectivity index is 1.66. The molecule has 166 valence electrons. The highest BCUT2D eigenvalue weighted by molar-refractivity contribution is 7.89. The second-order valence-electron chi connectivity index (χ2n) is 7.39. The first-order valence-electron chi connectivity index (χ1n) is 9.74. The lowest BCUT2D eigenvalue weighted by molar-refractivity contribution is -0.142. The van der Waals surface area contributed by atoms with Gasteiger partial charge in [0.1, 0.15) is 23.1 Å². The van der Waals surface area contributed by atoms with Gasteiger partial charge in [-0.15, -0.1) is 0 Å². The molecule has 0 fully saturated rings. The van der Waals surface area contributed by atoms with Crippen LogP contribution in [0.4, 0.5) is 8.78 Å². The number of carboxylic acids is 1. The van der Waals surface area contributed by atoms with Crippen LogP contribution >= 0.6 is 0 Å². The number of halogens is 2. The molecule has 1 aliphatic heterocycles. The third kappa shape index (κ3) is 3.96. The fourth-order valence-electron chi connectivity index (χ4n) is 3.83. The average molecular weight is 459 g/mol. The molecular weight excluding hydrogens is 440 g/mol. The lowest BCUT2D eigenvalue weighted by Gasteiger charge is -2.34. The van der Waals surface area contributed by atoms with Crippen LogP contribution in [0, 0.1) is 18.6 Å². The van der Waals surface area contributed by atoms with Crippen molar-refractivity contribution >= 4 is 16.0 Å². The number of hydrogen-bond donors (Lipinski definition) is 1. The van der Waals surface area contributed by atoms with E-state index in [0.717, 1.165) is 10.4 Å². The van der Waals surface area contributed by atoms with Crippen molar-refractivity contribution in [3.05, 3.63) is 89.0 Å². The minimum atomic E-state index is -4.24. The number of sulfonamides is 1. The highest BCUT2D eigenvalue weighted by Gasteiger charge is 2.42. The number of nitrogens with zero attached hydrogens (tertiary/aromatic N) is 1. The molecule has 1 aliphatic rings. The van der Waals surface area contributed by atoms with Gasteiger partial charge in [-0.3, -0.25) is 4.79 Å². The van der Waals surface area contributed by atoms with E-state index in [-0.39, 0.29) is 23.4 Å². The molecule has 3 aromatic carbocycles. The maximum Gasteiger partial charge on any atom is 0.326 e. The number of rotatable bonds is 5. The number of carboxylic acid groups (broad SMARTS) is 1. The standard InChI is InChI=1S/C23H19F2NO5S/c1-14-2-11-20(25)21-19(14)12-13-26(22(21)23(27)28)32(29,30)18-9-7-17(8-10-18)31-16-5-3-15(24)4-6-16/h2-11,22H,12-13H2,1H3,(H,27,28). The quantitative estimate of drug-likeness (QED) is 0.610. The van der Waals surface area contributed by atoms with Gasteiger partial charge in [-0.2, -0.15) is 4.31 Å². The van der Waals surface area contributed by atoms with Crippen LogP contribution in [0.5, 0.6) is 11.5 Å². The summed E-state index contributed by atoms with van der Waals surface area (Å²) in [5, 5.41) is 9.79. The van der Waals surface area contributed by atoms with Crippen molar-refractivity contribution < 1.29 is 31.8 Å². The van der Waals surface area contributed by atoms with E-state index in [1.54, 1.807) is 13.0 Å². The molecular formula is C23H19F2NO5S. The van der Waals surface area contributed by atoms with Crippen molar-refractivity contribution in [2.24, 2.45) is 0 Å². The number of fused-ring (bicyclic) bond motifs is 1. The predicted molar refractivity (Wildman–Crippen MR) is 112 cm³/mol. The Morgan fingerprint density at radius 1 is 1.00 bits per heavy atom. The predicted octanol–water partition coefficient (Wildman–Crippen LogP) is 4.44. The monoisotopic (exact) mass is 459 g/mol. The molecule has 0 radical (unpaired) electrons. The molecule has 0 amide bonds. The Morgan fingerprint density at radius 3 is 2.19 bits per heavy atom. The lowest BCUT2D eigenvalue weighted by atomic mass is 9.90. The Kier molecular flexibility index (Phi) is 5.70. The van der Waals surface area contributed by atoms with Crippen LogP contribution in [-0.2, 0) is 21.2 Å². The highest BCUT2D eigenvalue weighted by atomic mass is 32.2. The number of carbonyl (C=O) groups is 1. The van der Waals surface area contributed by atoms with Crippen LogP contribution in [-0.4, -0.2) is 30.3 Å². The molecule has 3 aromatic rings. The number of benzene rings is 3. The summed E-state index contributed by atoms with van der Waals surface area (Å²) in [6, 6.07) is 11.8. The first-order chi connectivity index (χ1) is 15.2. The van der Waals surface area contributed by atoms with Gasteiger partial charge in [-0.05, 0) is 79.1 Å². The summed E-state index contributed by atoms with van der Waals surface area (Å²) in [6.45, 7) is 1.64. The maximum absolute atomic E-state index is 14.6. The summed E-state index contributed by atoms with van der Waals surface area (Å²) >= 11 is 0. The Morgan fingerprint density at radius 2 is 1.59 bits per heavy atom. The fraction of sp³-hybridized carbons (Fsp3) is 0.174. The molecule has 0 saturated heterocycles. The van der Waals surface area contributed by atoms with Gasteiger partial charge in [0.2, 0.25) is 10.0 Å². The number of ether oxygens (including phenoxy) is 1. The van der Waals surface area contributed by atoms with Crippen molar-refractivity contribution in [1.29, 1.82) is 0 Å². The maximum atomic E-state index is 14.6. The molecule has 4 rings (SSSR count). The zero-order valence-electron chi connectivity index (χ0n) is 17.0. The van der Waals surface area contributed by atoms with Gasteiger partial charge < -0.3 is 9.84 Å². The van der Waals surface area contributed by atoms with Gasteiger partial charge in [0.05, 0.1) is 4.90 Å². The molecule has 9 heteroatoms. The smallest absolute Gasteiger partial charge is 0.326 e. The normalized spacial score (nSPS) is 16.4.